The number of aryl methyl sites for hydroxylation is 1. The van der Waals surface area contributed by atoms with E-state index in [9.17, 15) is 14.7 Å². The van der Waals surface area contributed by atoms with Gasteiger partial charge in [-0.05, 0) is 37.3 Å². The van der Waals surface area contributed by atoms with Gasteiger partial charge in [0.25, 0.3) is 5.91 Å². The molecule has 0 saturated carbocycles. The summed E-state index contributed by atoms with van der Waals surface area (Å²) in [6.07, 6.45) is 1.59. The highest BCUT2D eigenvalue weighted by Gasteiger charge is 2.19. The van der Waals surface area contributed by atoms with Gasteiger partial charge >= 0.3 is 5.97 Å². The van der Waals surface area contributed by atoms with Crippen molar-refractivity contribution in [2.45, 2.75) is 6.92 Å². The van der Waals surface area contributed by atoms with Gasteiger partial charge in [-0.1, -0.05) is 27.5 Å². The molecule has 0 spiro atoms. The number of benzene rings is 1. The van der Waals surface area contributed by atoms with Crippen LogP contribution in [0.5, 0.6) is 0 Å². The summed E-state index contributed by atoms with van der Waals surface area (Å²) in [5.41, 5.74) is 1.58. The van der Waals surface area contributed by atoms with Crippen molar-refractivity contribution in [2.75, 3.05) is 5.32 Å². The highest BCUT2D eigenvalue weighted by Crippen LogP contribution is 2.23. The lowest BCUT2D eigenvalue weighted by Gasteiger charge is -2.09. The quantitative estimate of drug-likeness (QED) is 0.686. The molecule has 122 valence electrons. The molecule has 0 bridgehead atoms. The summed E-state index contributed by atoms with van der Waals surface area (Å²) in [6.45, 7) is 1.70. The molecule has 2 N–H and O–H groups in total. The molecule has 0 saturated heterocycles. The predicted molar refractivity (Wildman–Crippen MR) is 94.0 cm³/mol. The fourth-order valence-corrected chi connectivity index (χ4v) is 2.92. The summed E-state index contributed by atoms with van der Waals surface area (Å²) in [6, 6.07) is 7.99. The summed E-state index contributed by atoms with van der Waals surface area (Å²) < 4.78 is 2.18. The molecule has 3 rings (SSSR count). The lowest BCUT2D eigenvalue weighted by molar-refractivity contribution is 0.0698. The number of rotatable bonds is 3. The maximum absolute atomic E-state index is 12.7. The van der Waals surface area contributed by atoms with Crippen molar-refractivity contribution in [1.29, 1.82) is 0 Å². The van der Waals surface area contributed by atoms with E-state index >= 15 is 0 Å². The number of carbonyl (C=O) groups is 2. The van der Waals surface area contributed by atoms with Crippen molar-refractivity contribution in [3.8, 4) is 0 Å². The maximum atomic E-state index is 12.7. The van der Waals surface area contributed by atoms with E-state index in [1.807, 2.05) is 0 Å². The van der Waals surface area contributed by atoms with Crippen LogP contribution >= 0.6 is 27.5 Å². The molecular weight excluding hydrogens is 398 g/mol. The number of imidazole rings is 1. The number of carbonyl (C=O) groups excluding carboxylic acids is 1. The Hall–Kier alpha value is -2.38. The van der Waals surface area contributed by atoms with Crippen LogP contribution in [-0.4, -0.2) is 26.4 Å². The van der Waals surface area contributed by atoms with Gasteiger partial charge in [0.15, 0.2) is 0 Å². The molecule has 0 radical (unpaired) electrons. The molecule has 2 aromatic heterocycles. The first-order valence-corrected chi connectivity index (χ1v) is 8.02. The monoisotopic (exact) mass is 407 g/mol. The Morgan fingerprint density at radius 2 is 2.04 bits per heavy atom. The van der Waals surface area contributed by atoms with Crippen LogP contribution in [0.1, 0.15) is 26.5 Å². The van der Waals surface area contributed by atoms with Gasteiger partial charge in [0.05, 0.1) is 22.0 Å². The van der Waals surface area contributed by atoms with E-state index in [4.69, 9.17) is 11.6 Å². The van der Waals surface area contributed by atoms with E-state index in [0.717, 1.165) is 0 Å². The Balaban J connectivity index is 2.04. The Morgan fingerprint density at radius 1 is 1.29 bits per heavy atom. The molecule has 0 unspecified atom stereocenters. The SMILES string of the molecule is Cc1nc2ccc(Cl)cn2c1C(=O)Nc1ccc(Br)cc1C(=O)O. The molecule has 0 aliphatic heterocycles. The number of aromatic carboxylic acids is 1. The summed E-state index contributed by atoms with van der Waals surface area (Å²) in [5, 5.41) is 12.4. The number of aromatic nitrogens is 2. The van der Waals surface area contributed by atoms with Gasteiger partial charge in [0.2, 0.25) is 0 Å². The zero-order chi connectivity index (χ0) is 17.4. The Kier molecular flexibility index (Phi) is 4.29. The number of carboxylic acid groups (broad SMARTS) is 1. The lowest BCUT2D eigenvalue weighted by atomic mass is 10.1. The van der Waals surface area contributed by atoms with Gasteiger partial charge in [0, 0.05) is 10.7 Å². The number of carboxylic acids is 1. The Labute approximate surface area is 150 Å². The van der Waals surface area contributed by atoms with Gasteiger partial charge in [-0.15, -0.1) is 0 Å². The van der Waals surface area contributed by atoms with E-state index in [1.165, 1.54) is 12.1 Å². The van der Waals surface area contributed by atoms with Crippen LogP contribution in [0, 0.1) is 6.92 Å². The molecule has 24 heavy (non-hydrogen) atoms. The topological polar surface area (TPSA) is 83.7 Å². The van der Waals surface area contributed by atoms with E-state index in [0.29, 0.717) is 26.5 Å². The predicted octanol–water partition coefficient (Wildman–Crippen LogP) is 4.01. The Morgan fingerprint density at radius 3 is 2.75 bits per heavy atom. The molecule has 8 heteroatoms. The van der Waals surface area contributed by atoms with Gasteiger partial charge in [0.1, 0.15) is 11.3 Å². The van der Waals surface area contributed by atoms with Crippen molar-refractivity contribution < 1.29 is 14.7 Å². The second kappa shape index (κ2) is 6.26. The van der Waals surface area contributed by atoms with Crippen LogP contribution < -0.4 is 5.32 Å². The number of anilines is 1. The third-order valence-electron chi connectivity index (χ3n) is 3.43. The van der Waals surface area contributed by atoms with Crippen molar-refractivity contribution in [3.63, 3.8) is 0 Å². The fraction of sp³-hybridized carbons (Fsp3) is 0.0625. The van der Waals surface area contributed by atoms with Crippen LogP contribution in [0.4, 0.5) is 5.69 Å². The van der Waals surface area contributed by atoms with Gasteiger partial charge in [-0.2, -0.15) is 0 Å². The number of hydrogen-bond donors (Lipinski definition) is 2. The molecule has 0 aliphatic carbocycles. The highest BCUT2D eigenvalue weighted by atomic mass is 79.9. The zero-order valence-electron chi connectivity index (χ0n) is 12.4. The molecule has 1 amide bonds. The summed E-state index contributed by atoms with van der Waals surface area (Å²) in [5.74, 6) is -1.60. The maximum Gasteiger partial charge on any atom is 0.337 e. The number of pyridine rings is 1. The number of hydrogen-bond acceptors (Lipinski definition) is 3. The first kappa shape index (κ1) is 16.5. The number of fused-ring (bicyclic) bond motifs is 1. The van der Waals surface area contributed by atoms with Crippen LogP contribution in [0.15, 0.2) is 41.0 Å². The molecule has 3 aromatic rings. The fourth-order valence-electron chi connectivity index (χ4n) is 2.39. The minimum Gasteiger partial charge on any atom is -0.478 e. The average molecular weight is 409 g/mol. The van der Waals surface area contributed by atoms with E-state index < -0.39 is 11.9 Å². The van der Waals surface area contributed by atoms with Crippen LogP contribution in [0.2, 0.25) is 5.02 Å². The minimum absolute atomic E-state index is 0.0118. The summed E-state index contributed by atoms with van der Waals surface area (Å²) >= 11 is 9.20. The highest BCUT2D eigenvalue weighted by molar-refractivity contribution is 9.10. The number of halogens is 2. The molecule has 0 aliphatic rings. The molecule has 0 fully saturated rings. The van der Waals surface area contributed by atoms with Crippen LogP contribution in [0.3, 0.4) is 0 Å². The van der Waals surface area contributed by atoms with E-state index in [-0.39, 0.29) is 11.3 Å². The first-order valence-electron chi connectivity index (χ1n) is 6.85. The van der Waals surface area contributed by atoms with Crippen LogP contribution in [0.25, 0.3) is 5.65 Å². The molecular formula is C16H11BrClN3O3. The van der Waals surface area contributed by atoms with Crippen molar-refractivity contribution in [3.05, 3.63) is 63.0 Å². The lowest BCUT2D eigenvalue weighted by Crippen LogP contribution is -2.17. The number of nitrogens with one attached hydrogen (secondary N) is 1. The van der Waals surface area contributed by atoms with Crippen LogP contribution in [-0.2, 0) is 0 Å². The largest absolute Gasteiger partial charge is 0.478 e. The van der Waals surface area contributed by atoms with Gasteiger partial charge < -0.3 is 10.4 Å². The van der Waals surface area contributed by atoms with Crippen molar-refractivity contribution >= 4 is 50.7 Å². The standard InChI is InChI=1S/C16H11BrClN3O3/c1-8-14(21-7-10(18)3-5-13(21)19-8)15(22)20-12-4-2-9(17)6-11(12)16(23)24/h2-7H,1H3,(H,20,22)(H,23,24). The molecule has 0 atom stereocenters. The number of nitrogens with zero attached hydrogens (tertiary/aromatic N) is 2. The normalized spacial score (nSPS) is 10.8. The Bertz CT molecular complexity index is 984. The molecule has 2 heterocycles. The van der Waals surface area contributed by atoms with E-state index in [1.54, 1.807) is 35.7 Å². The second-order valence-corrected chi connectivity index (χ2v) is 6.42. The minimum atomic E-state index is -1.13. The average Bonchev–Trinajstić information content (AvgIpc) is 2.84. The van der Waals surface area contributed by atoms with Crippen molar-refractivity contribution in [1.82, 2.24) is 9.38 Å². The third kappa shape index (κ3) is 3.00. The summed E-state index contributed by atoms with van der Waals surface area (Å²) in [4.78, 5) is 28.3. The van der Waals surface area contributed by atoms with Crippen molar-refractivity contribution in [2.24, 2.45) is 0 Å². The molecule has 1 aromatic carbocycles. The number of amides is 1. The van der Waals surface area contributed by atoms with E-state index in [2.05, 4.69) is 26.2 Å². The van der Waals surface area contributed by atoms with Gasteiger partial charge in [-0.25, -0.2) is 9.78 Å². The molecule has 6 nitrogen and oxygen atoms in total. The zero-order valence-corrected chi connectivity index (χ0v) is 14.7. The first-order chi connectivity index (χ1) is 11.4. The smallest absolute Gasteiger partial charge is 0.337 e. The van der Waals surface area contributed by atoms with Gasteiger partial charge in [-0.3, -0.25) is 9.20 Å². The third-order valence-corrected chi connectivity index (χ3v) is 4.15. The summed E-state index contributed by atoms with van der Waals surface area (Å²) in [7, 11) is 0. The second-order valence-electron chi connectivity index (χ2n) is 5.07.